The Balaban J connectivity index is 1.90. The molecule has 1 amide bonds. The maximum atomic E-state index is 11.8. The molecule has 4 nitrogen and oxygen atoms in total. The molecule has 1 aliphatic rings. The van der Waals surface area contributed by atoms with Crippen LogP contribution in [0.3, 0.4) is 0 Å². The van der Waals surface area contributed by atoms with E-state index in [0.29, 0.717) is 18.9 Å². The van der Waals surface area contributed by atoms with Crippen molar-refractivity contribution in [2.45, 2.75) is 25.2 Å². The van der Waals surface area contributed by atoms with E-state index in [1.165, 1.54) is 5.56 Å². The van der Waals surface area contributed by atoms with Crippen molar-refractivity contribution in [2.75, 3.05) is 26.7 Å². The number of nitrogens with two attached hydrogens (primary N) is 1. The van der Waals surface area contributed by atoms with Gasteiger partial charge in [0.1, 0.15) is 5.75 Å². The fourth-order valence-electron chi connectivity index (χ4n) is 2.62. The molecule has 19 heavy (non-hydrogen) atoms. The average Bonchev–Trinajstić information content (AvgIpc) is 2.48. The highest BCUT2D eigenvalue weighted by molar-refractivity contribution is 5.76. The van der Waals surface area contributed by atoms with Crippen molar-refractivity contribution in [3.8, 4) is 5.75 Å². The number of likely N-dealkylation sites (tertiary alicyclic amines) is 1. The molecule has 1 fully saturated rings. The first kappa shape index (κ1) is 13.9. The summed E-state index contributed by atoms with van der Waals surface area (Å²) in [5.41, 5.74) is 6.76. The minimum Gasteiger partial charge on any atom is -0.497 e. The molecule has 1 saturated heterocycles. The van der Waals surface area contributed by atoms with E-state index in [4.69, 9.17) is 10.5 Å². The number of piperidine rings is 1. The number of nitrogens with zero attached hydrogens (tertiary/aromatic N) is 1. The first-order valence-corrected chi connectivity index (χ1v) is 6.86. The molecular weight excluding hydrogens is 240 g/mol. The minimum atomic E-state index is 0.190. The molecule has 1 aromatic rings. The van der Waals surface area contributed by atoms with E-state index in [0.717, 1.165) is 31.7 Å². The second-order valence-electron chi connectivity index (χ2n) is 4.97. The van der Waals surface area contributed by atoms with Crippen LogP contribution in [0.2, 0.25) is 0 Å². The summed E-state index contributed by atoms with van der Waals surface area (Å²) >= 11 is 0. The third kappa shape index (κ3) is 3.47. The van der Waals surface area contributed by atoms with Gasteiger partial charge in [0.15, 0.2) is 0 Å². The maximum Gasteiger partial charge on any atom is 0.223 e. The lowest BCUT2D eigenvalue weighted by molar-refractivity contribution is -0.132. The van der Waals surface area contributed by atoms with E-state index in [-0.39, 0.29) is 5.91 Å². The molecule has 2 N–H and O–H groups in total. The van der Waals surface area contributed by atoms with E-state index in [1.807, 2.05) is 17.0 Å². The summed E-state index contributed by atoms with van der Waals surface area (Å²) in [7, 11) is 1.68. The maximum absolute atomic E-state index is 11.8. The van der Waals surface area contributed by atoms with Crippen LogP contribution in [-0.2, 0) is 4.79 Å². The second-order valence-corrected chi connectivity index (χ2v) is 4.97. The third-order valence-electron chi connectivity index (χ3n) is 3.79. The lowest BCUT2D eigenvalue weighted by atomic mass is 9.89. The van der Waals surface area contributed by atoms with Crippen LogP contribution in [0, 0.1) is 0 Å². The van der Waals surface area contributed by atoms with Crippen LogP contribution >= 0.6 is 0 Å². The van der Waals surface area contributed by atoms with Gasteiger partial charge in [0.05, 0.1) is 7.11 Å². The second kappa shape index (κ2) is 6.57. The molecule has 0 aromatic heterocycles. The van der Waals surface area contributed by atoms with Crippen LogP contribution in [0.15, 0.2) is 24.3 Å². The van der Waals surface area contributed by atoms with Gasteiger partial charge in [-0.25, -0.2) is 0 Å². The van der Waals surface area contributed by atoms with Gasteiger partial charge in [-0.05, 0) is 36.5 Å². The lowest BCUT2D eigenvalue weighted by Crippen LogP contribution is -2.38. The van der Waals surface area contributed by atoms with Gasteiger partial charge in [0.2, 0.25) is 5.91 Å². The Bertz CT molecular complexity index is 409. The number of carbonyl (C=O) groups is 1. The molecular formula is C15H22N2O2. The number of amides is 1. The summed E-state index contributed by atoms with van der Waals surface area (Å²) in [6.45, 7) is 2.13. The highest BCUT2D eigenvalue weighted by Crippen LogP contribution is 2.29. The monoisotopic (exact) mass is 262 g/mol. The van der Waals surface area contributed by atoms with Gasteiger partial charge >= 0.3 is 0 Å². The zero-order valence-electron chi connectivity index (χ0n) is 11.5. The van der Waals surface area contributed by atoms with Crippen molar-refractivity contribution in [3.63, 3.8) is 0 Å². The molecule has 0 radical (unpaired) electrons. The molecule has 0 unspecified atom stereocenters. The minimum absolute atomic E-state index is 0.190. The summed E-state index contributed by atoms with van der Waals surface area (Å²) in [6.07, 6.45) is 2.53. The van der Waals surface area contributed by atoms with E-state index in [2.05, 4.69) is 12.1 Å². The predicted molar refractivity (Wildman–Crippen MR) is 75.2 cm³/mol. The van der Waals surface area contributed by atoms with Crippen LogP contribution < -0.4 is 10.5 Å². The number of carbonyl (C=O) groups excluding carboxylic acids is 1. The SMILES string of the molecule is COc1ccc(C2CCN(C(=O)CCN)CC2)cc1. The summed E-state index contributed by atoms with van der Waals surface area (Å²) < 4.78 is 5.17. The molecule has 0 saturated carbocycles. The predicted octanol–water partition coefficient (Wildman–Crippen LogP) is 1.75. The van der Waals surface area contributed by atoms with Crippen LogP contribution in [-0.4, -0.2) is 37.6 Å². The topological polar surface area (TPSA) is 55.6 Å². The highest BCUT2D eigenvalue weighted by atomic mass is 16.5. The molecule has 104 valence electrons. The fraction of sp³-hybridized carbons (Fsp3) is 0.533. The Morgan fingerprint density at radius 1 is 1.32 bits per heavy atom. The Morgan fingerprint density at radius 2 is 1.95 bits per heavy atom. The number of methoxy groups -OCH3 is 1. The Kier molecular flexibility index (Phi) is 4.80. The number of rotatable bonds is 4. The third-order valence-corrected chi connectivity index (χ3v) is 3.79. The number of hydrogen-bond donors (Lipinski definition) is 1. The van der Waals surface area contributed by atoms with Crippen molar-refractivity contribution >= 4 is 5.91 Å². The van der Waals surface area contributed by atoms with Gasteiger partial charge in [-0.3, -0.25) is 4.79 Å². The molecule has 4 heteroatoms. The Hall–Kier alpha value is -1.55. The molecule has 1 heterocycles. The molecule has 1 aromatic carbocycles. The number of ether oxygens (including phenoxy) is 1. The van der Waals surface area contributed by atoms with Crippen LogP contribution in [0.1, 0.15) is 30.7 Å². The quantitative estimate of drug-likeness (QED) is 0.899. The van der Waals surface area contributed by atoms with Gasteiger partial charge in [0.25, 0.3) is 0 Å². The van der Waals surface area contributed by atoms with Gasteiger partial charge in [0, 0.05) is 26.1 Å². The summed E-state index contributed by atoms with van der Waals surface area (Å²) in [4.78, 5) is 13.7. The van der Waals surface area contributed by atoms with Crippen molar-refractivity contribution in [3.05, 3.63) is 29.8 Å². The van der Waals surface area contributed by atoms with Crippen molar-refractivity contribution < 1.29 is 9.53 Å². The van der Waals surface area contributed by atoms with E-state index in [9.17, 15) is 4.79 Å². The van der Waals surface area contributed by atoms with Crippen LogP contribution in [0.4, 0.5) is 0 Å². The average molecular weight is 262 g/mol. The highest BCUT2D eigenvalue weighted by Gasteiger charge is 2.23. The smallest absolute Gasteiger partial charge is 0.223 e. The summed E-state index contributed by atoms with van der Waals surface area (Å²) in [6, 6.07) is 8.25. The molecule has 0 spiro atoms. The summed E-state index contributed by atoms with van der Waals surface area (Å²) in [5, 5.41) is 0. The van der Waals surface area contributed by atoms with Crippen LogP contribution in [0.5, 0.6) is 5.75 Å². The van der Waals surface area contributed by atoms with Gasteiger partial charge < -0.3 is 15.4 Å². The van der Waals surface area contributed by atoms with Crippen molar-refractivity contribution in [1.29, 1.82) is 0 Å². The van der Waals surface area contributed by atoms with Gasteiger partial charge in [-0.1, -0.05) is 12.1 Å². The van der Waals surface area contributed by atoms with Gasteiger partial charge in [-0.15, -0.1) is 0 Å². The first-order valence-electron chi connectivity index (χ1n) is 6.86. The number of hydrogen-bond acceptors (Lipinski definition) is 3. The van der Waals surface area contributed by atoms with Crippen LogP contribution in [0.25, 0.3) is 0 Å². The standard InChI is InChI=1S/C15H22N2O2/c1-19-14-4-2-12(3-5-14)13-7-10-17(11-8-13)15(18)6-9-16/h2-5,13H,6-11,16H2,1H3. The fourth-order valence-corrected chi connectivity index (χ4v) is 2.62. The zero-order chi connectivity index (χ0) is 13.7. The molecule has 0 bridgehead atoms. The number of benzene rings is 1. The van der Waals surface area contributed by atoms with E-state index >= 15 is 0 Å². The molecule has 1 aliphatic heterocycles. The Labute approximate surface area is 114 Å². The lowest BCUT2D eigenvalue weighted by Gasteiger charge is -2.32. The van der Waals surface area contributed by atoms with E-state index < -0.39 is 0 Å². The van der Waals surface area contributed by atoms with E-state index in [1.54, 1.807) is 7.11 Å². The molecule has 0 atom stereocenters. The molecule has 0 aliphatic carbocycles. The zero-order valence-corrected chi connectivity index (χ0v) is 11.5. The van der Waals surface area contributed by atoms with Gasteiger partial charge in [-0.2, -0.15) is 0 Å². The van der Waals surface area contributed by atoms with Crippen molar-refractivity contribution in [1.82, 2.24) is 4.90 Å². The summed E-state index contributed by atoms with van der Waals surface area (Å²) in [5.74, 6) is 1.63. The largest absolute Gasteiger partial charge is 0.497 e. The van der Waals surface area contributed by atoms with Crippen molar-refractivity contribution in [2.24, 2.45) is 5.73 Å². The normalized spacial score (nSPS) is 16.4. The molecule has 2 rings (SSSR count). The first-order chi connectivity index (χ1) is 9.24. The Morgan fingerprint density at radius 3 is 2.47 bits per heavy atom.